The third-order valence-corrected chi connectivity index (χ3v) is 3.96. The van der Waals surface area contributed by atoms with Crippen molar-refractivity contribution in [3.63, 3.8) is 0 Å². The number of nitrogens with zero attached hydrogens (tertiary/aromatic N) is 1. The van der Waals surface area contributed by atoms with E-state index >= 15 is 0 Å². The summed E-state index contributed by atoms with van der Waals surface area (Å²) in [5.41, 5.74) is 1.79. The number of aromatic amines is 1. The molecule has 6 nitrogen and oxygen atoms in total. The summed E-state index contributed by atoms with van der Waals surface area (Å²) in [6.45, 7) is 0. The standard InChI is InChI=1S/C15H14N2O4S/c1-19-9-3-5-11-12(7-9)17-15(16-11)22-8-10-4-6-13(21-10)14(18)20-2/h3-7H,8H2,1-2H3,(H,16,17). The van der Waals surface area contributed by atoms with Gasteiger partial charge in [-0.25, -0.2) is 9.78 Å². The molecule has 0 amide bonds. The molecule has 22 heavy (non-hydrogen) atoms. The van der Waals surface area contributed by atoms with E-state index in [9.17, 15) is 4.79 Å². The van der Waals surface area contributed by atoms with Gasteiger partial charge < -0.3 is 18.9 Å². The first-order chi connectivity index (χ1) is 10.7. The Kier molecular flexibility index (Phi) is 4.06. The monoisotopic (exact) mass is 318 g/mol. The Labute approximate surface area is 130 Å². The molecule has 1 aromatic carbocycles. The van der Waals surface area contributed by atoms with Crippen molar-refractivity contribution in [3.05, 3.63) is 41.9 Å². The lowest BCUT2D eigenvalue weighted by Gasteiger charge is -1.96. The SMILES string of the molecule is COC(=O)c1ccc(CSc2nc3ccc(OC)cc3[nH]2)o1. The van der Waals surface area contributed by atoms with Crippen molar-refractivity contribution in [1.82, 2.24) is 9.97 Å². The van der Waals surface area contributed by atoms with E-state index in [0.29, 0.717) is 11.5 Å². The summed E-state index contributed by atoms with van der Waals surface area (Å²) >= 11 is 1.49. The molecule has 7 heteroatoms. The first-order valence-corrected chi connectivity index (χ1v) is 7.51. The van der Waals surface area contributed by atoms with Crippen LogP contribution in [0, 0.1) is 0 Å². The zero-order chi connectivity index (χ0) is 15.5. The Bertz CT molecular complexity index is 809. The summed E-state index contributed by atoms with van der Waals surface area (Å²) in [5, 5.41) is 0.777. The summed E-state index contributed by atoms with van der Waals surface area (Å²) in [5.74, 6) is 1.75. The fourth-order valence-electron chi connectivity index (χ4n) is 1.97. The van der Waals surface area contributed by atoms with Crippen molar-refractivity contribution in [3.8, 4) is 5.75 Å². The smallest absolute Gasteiger partial charge is 0.373 e. The molecule has 0 spiro atoms. The van der Waals surface area contributed by atoms with Crippen LogP contribution in [0.2, 0.25) is 0 Å². The number of furan rings is 1. The summed E-state index contributed by atoms with van der Waals surface area (Å²) in [7, 11) is 2.95. The Morgan fingerprint density at radius 1 is 1.32 bits per heavy atom. The minimum Gasteiger partial charge on any atom is -0.497 e. The number of nitrogens with one attached hydrogen (secondary N) is 1. The van der Waals surface area contributed by atoms with E-state index in [-0.39, 0.29) is 5.76 Å². The van der Waals surface area contributed by atoms with E-state index in [1.165, 1.54) is 18.9 Å². The highest BCUT2D eigenvalue weighted by Crippen LogP contribution is 2.26. The van der Waals surface area contributed by atoms with Crippen LogP contribution in [0.25, 0.3) is 11.0 Å². The van der Waals surface area contributed by atoms with Gasteiger partial charge in [-0.3, -0.25) is 0 Å². The number of carbonyl (C=O) groups is 1. The lowest BCUT2D eigenvalue weighted by atomic mass is 10.3. The van der Waals surface area contributed by atoms with Gasteiger partial charge in [0.05, 0.1) is 31.0 Å². The van der Waals surface area contributed by atoms with Gasteiger partial charge in [0.25, 0.3) is 0 Å². The number of hydrogen-bond acceptors (Lipinski definition) is 6. The predicted molar refractivity (Wildman–Crippen MR) is 82.3 cm³/mol. The van der Waals surface area contributed by atoms with Crippen molar-refractivity contribution in [2.75, 3.05) is 14.2 Å². The molecule has 0 aliphatic carbocycles. The van der Waals surface area contributed by atoms with Gasteiger partial charge in [-0.15, -0.1) is 0 Å². The summed E-state index contributed by atoms with van der Waals surface area (Å²) < 4.78 is 15.2. The van der Waals surface area contributed by atoms with Crippen LogP contribution < -0.4 is 4.74 Å². The molecule has 0 saturated heterocycles. The molecule has 0 aliphatic heterocycles. The predicted octanol–water partition coefficient (Wildman–Crippen LogP) is 3.24. The van der Waals surface area contributed by atoms with Crippen LogP contribution in [0.1, 0.15) is 16.3 Å². The maximum absolute atomic E-state index is 11.3. The average Bonchev–Trinajstić information content (AvgIpc) is 3.17. The van der Waals surface area contributed by atoms with E-state index in [4.69, 9.17) is 9.15 Å². The highest BCUT2D eigenvalue weighted by Gasteiger charge is 2.12. The van der Waals surface area contributed by atoms with Crippen LogP contribution in [0.4, 0.5) is 0 Å². The second-order valence-electron chi connectivity index (χ2n) is 4.47. The van der Waals surface area contributed by atoms with Crippen LogP contribution >= 0.6 is 11.8 Å². The third-order valence-electron chi connectivity index (χ3n) is 3.07. The third kappa shape index (κ3) is 2.94. The molecule has 0 unspecified atom stereocenters. The van der Waals surface area contributed by atoms with E-state index in [0.717, 1.165) is 21.9 Å². The molecule has 3 rings (SSSR count). The van der Waals surface area contributed by atoms with Gasteiger partial charge in [0, 0.05) is 6.07 Å². The molecule has 0 saturated carbocycles. The molecule has 0 aliphatic rings. The van der Waals surface area contributed by atoms with Crippen molar-refractivity contribution < 1.29 is 18.7 Å². The fourth-order valence-corrected chi connectivity index (χ4v) is 2.75. The number of imidazole rings is 1. The number of hydrogen-bond donors (Lipinski definition) is 1. The highest BCUT2D eigenvalue weighted by molar-refractivity contribution is 7.98. The molecule has 114 valence electrons. The molecule has 0 bridgehead atoms. The summed E-state index contributed by atoms with van der Waals surface area (Å²) in [4.78, 5) is 19.0. The van der Waals surface area contributed by atoms with Crippen molar-refractivity contribution in [2.24, 2.45) is 0 Å². The average molecular weight is 318 g/mol. The molecule has 3 aromatic rings. The molecule has 2 heterocycles. The van der Waals surface area contributed by atoms with Gasteiger partial charge in [0.15, 0.2) is 5.16 Å². The number of fused-ring (bicyclic) bond motifs is 1. The van der Waals surface area contributed by atoms with Crippen LogP contribution in [0.3, 0.4) is 0 Å². The van der Waals surface area contributed by atoms with Crippen LogP contribution in [-0.2, 0) is 10.5 Å². The van der Waals surface area contributed by atoms with Gasteiger partial charge in [-0.05, 0) is 24.3 Å². The molecular formula is C15H14N2O4S. The number of aromatic nitrogens is 2. The fraction of sp³-hybridized carbons (Fsp3) is 0.200. The first kappa shape index (κ1) is 14.5. The largest absolute Gasteiger partial charge is 0.497 e. The number of thioether (sulfide) groups is 1. The molecule has 1 N–H and O–H groups in total. The minimum absolute atomic E-state index is 0.201. The Balaban J connectivity index is 1.71. The van der Waals surface area contributed by atoms with Crippen molar-refractivity contribution in [1.29, 1.82) is 0 Å². The van der Waals surface area contributed by atoms with Gasteiger partial charge in [-0.1, -0.05) is 11.8 Å². The molecule has 0 atom stereocenters. The molecule has 0 radical (unpaired) electrons. The highest BCUT2D eigenvalue weighted by atomic mass is 32.2. The van der Waals surface area contributed by atoms with Crippen LogP contribution in [-0.4, -0.2) is 30.2 Å². The quantitative estimate of drug-likeness (QED) is 0.575. The zero-order valence-corrected chi connectivity index (χ0v) is 12.9. The summed E-state index contributed by atoms with van der Waals surface area (Å²) in [6.07, 6.45) is 0. The van der Waals surface area contributed by atoms with Crippen molar-refractivity contribution >= 4 is 28.8 Å². The molecule has 2 aromatic heterocycles. The van der Waals surface area contributed by atoms with Crippen LogP contribution in [0.5, 0.6) is 5.75 Å². The minimum atomic E-state index is -0.480. The topological polar surface area (TPSA) is 77.4 Å². The van der Waals surface area contributed by atoms with E-state index in [2.05, 4.69) is 14.7 Å². The second kappa shape index (κ2) is 6.15. The number of esters is 1. The van der Waals surface area contributed by atoms with E-state index in [1.54, 1.807) is 19.2 Å². The maximum Gasteiger partial charge on any atom is 0.373 e. The molecule has 0 fully saturated rings. The number of ether oxygens (including phenoxy) is 2. The van der Waals surface area contributed by atoms with E-state index in [1.807, 2.05) is 18.2 Å². The van der Waals surface area contributed by atoms with Gasteiger partial charge >= 0.3 is 5.97 Å². The van der Waals surface area contributed by atoms with Crippen molar-refractivity contribution in [2.45, 2.75) is 10.9 Å². The number of carbonyl (C=O) groups excluding carboxylic acids is 1. The van der Waals surface area contributed by atoms with Gasteiger partial charge in [0.2, 0.25) is 5.76 Å². The van der Waals surface area contributed by atoms with E-state index < -0.39 is 5.97 Å². The maximum atomic E-state index is 11.3. The number of methoxy groups -OCH3 is 2. The van der Waals surface area contributed by atoms with Crippen LogP contribution in [0.15, 0.2) is 39.9 Å². The van der Waals surface area contributed by atoms with Gasteiger partial charge in [0.1, 0.15) is 11.5 Å². The zero-order valence-electron chi connectivity index (χ0n) is 12.1. The first-order valence-electron chi connectivity index (χ1n) is 6.53. The Morgan fingerprint density at radius 2 is 2.18 bits per heavy atom. The number of rotatable bonds is 5. The number of benzene rings is 1. The Hall–Kier alpha value is -2.41. The summed E-state index contributed by atoms with van der Waals surface area (Å²) in [6, 6.07) is 9.02. The second-order valence-corrected chi connectivity index (χ2v) is 5.44. The number of H-pyrrole nitrogens is 1. The lowest BCUT2D eigenvalue weighted by molar-refractivity contribution is 0.0563. The lowest BCUT2D eigenvalue weighted by Crippen LogP contribution is -1.98. The Morgan fingerprint density at radius 3 is 2.95 bits per heavy atom. The van der Waals surface area contributed by atoms with Gasteiger partial charge in [-0.2, -0.15) is 0 Å². The molecular weight excluding hydrogens is 304 g/mol. The normalized spacial score (nSPS) is 10.8.